The van der Waals surface area contributed by atoms with E-state index in [4.69, 9.17) is 10.8 Å². The Hall–Kier alpha value is -2.11. The van der Waals surface area contributed by atoms with Crippen molar-refractivity contribution in [2.24, 2.45) is 5.73 Å². The number of carbonyl (C=O) groups excluding carboxylic acids is 1. The monoisotopic (exact) mass is 252 g/mol. The number of carboxylic acid groups (broad SMARTS) is 1. The fourth-order valence-corrected chi connectivity index (χ4v) is 2.31. The third-order valence-electron chi connectivity index (χ3n) is 3.09. The molecule has 0 radical (unpaired) electrons. The maximum absolute atomic E-state index is 13.8. The van der Waals surface area contributed by atoms with Crippen molar-refractivity contribution in [1.29, 1.82) is 0 Å². The molecule has 3 N–H and O–H groups in total. The molecule has 0 aromatic heterocycles. The number of carbonyl (C=O) groups is 2. The Kier molecular flexibility index (Phi) is 3.18. The summed E-state index contributed by atoms with van der Waals surface area (Å²) in [5.74, 6) is -2.44. The zero-order valence-electron chi connectivity index (χ0n) is 9.60. The van der Waals surface area contributed by atoms with Crippen LogP contribution in [0.1, 0.15) is 23.2 Å². The largest absolute Gasteiger partial charge is 0.478 e. The summed E-state index contributed by atoms with van der Waals surface area (Å²) in [6.07, 6.45) is 1.20. The van der Waals surface area contributed by atoms with Crippen molar-refractivity contribution in [3.63, 3.8) is 0 Å². The minimum absolute atomic E-state index is 0.0497. The summed E-state index contributed by atoms with van der Waals surface area (Å²) >= 11 is 0. The lowest BCUT2D eigenvalue weighted by molar-refractivity contribution is -0.119. The number of carboxylic acids is 1. The zero-order chi connectivity index (χ0) is 13.3. The Morgan fingerprint density at radius 2 is 2.17 bits per heavy atom. The van der Waals surface area contributed by atoms with E-state index in [9.17, 15) is 14.0 Å². The summed E-state index contributed by atoms with van der Waals surface area (Å²) in [6.45, 7) is 0.425. The van der Waals surface area contributed by atoms with Crippen LogP contribution < -0.4 is 10.6 Å². The Morgan fingerprint density at radius 1 is 1.44 bits per heavy atom. The maximum atomic E-state index is 13.8. The van der Waals surface area contributed by atoms with E-state index in [0.717, 1.165) is 0 Å². The van der Waals surface area contributed by atoms with Gasteiger partial charge in [0.2, 0.25) is 5.91 Å². The van der Waals surface area contributed by atoms with E-state index in [1.54, 1.807) is 0 Å². The van der Waals surface area contributed by atoms with Gasteiger partial charge in [0, 0.05) is 6.54 Å². The molecule has 6 heteroatoms. The maximum Gasteiger partial charge on any atom is 0.337 e. The molecule has 1 aromatic carbocycles. The Balaban J connectivity index is 2.50. The number of para-hydroxylation sites is 1. The predicted molar refractivity (Wildman–Crippen MR) is 62.9 cm³/mol. The highest BCUT2D eigenvalue weighted by molar-refractivity contribution is 5.96. The standard InChI is InChI=1S/C12H13FN2O3/c13-8-4-1-3-7(12(17)18)10(8)15-6-2-5-9(15)11(14)16/h1,3-4,9H,2,5-6H2,(H2,14,16)(H,17,18). The molecule has 1 amide bonds. The van der Waals surface area contributed by atoms with Crippen molar-refractivity contribution in [3.8, 4) is 0 Å². The zero-order valence-corrected chi connectivity index (χ0v) is 9.60. The van der Waals surface area contributed by atoms with E-state index >= 15 is 0 Å². The highest BCUT2D eigenvalue weighted by atomic mass is 19.1. The Bertz CT molecular complexity index is 504. The second-order valence-electron chi connectivity index (χ2n) is 4.19. The quantitative estimate of drug-likeness (QED) is 0.839. The Labute approximate surface area is 103 Å². The molecular weight excluding hydrogens is 239 g/mol. The highest BCUT2D eigenvalue weighted by Gasteiger charge is 2.33. The molecule has 1 aliphatic heterocycles. The van der Waals surface area contributed by atoms with E-state index < -0.39 is 23.7 Å². The van der Waals surface area contributed by atoms with Gasteiger partial charge in [-0.05, 0) is 25.0 Å². The fraction of sp³-hybridized carbons (Fsp3) is 0.333. The number of hydrogen-bond acceptors (Lipinski definition) is 3. The average Bonchev–Trinajstić information content (AvgIpc) is 2.77. The van der Waals surface area contributed by atoms with Crippen molar-refractivity contribution < 1.29 is 19.1 Å². The minimum Gasteiger partial charge on any atom is -0.478 e. The van der Waals surface area contributed by atoms with Gasteiger partial charge in [-0.25, -0.2) is 9.18 Å². The van der Waals surface area contributed by atoms with Crippen LogP contribution in [0.15, 0.2) is 18.2 Å². The number of nitrogens with zero attached hydrogens (tertiary/aromatic N) is 1. The van der Waals surface area contributed by atoms with Gasteiger partial charge in [-0.3, -0.25) is 4.79 Å². The van der Waals surface area contributed by atoms with E-state index in [1.165, 1.54) is 23.1 Å². The molecule has 2 rings (SSSR count). The summed E-state index contributed by atoms with van der Waals surface area (Å²) < 4.78 is 13.8. The van der Waals surface area contributed by atoms with Gasteiger partial charge in [0.1, 0.15) is 11.9 Å². The molecule has 1 heterocycles. The number of primary amides is 1. The molecule has 0 saturated carbocycles. The first-order valence-corrected chi connectivity index (χ1v) is 5.60. The number of hydrogen-bond donors (Lipinski definition) is 2. The lowest BCUT2D eigenvalue weighted by Gasteiger charge is -2.26. The summed E-state index contributed by atoms with van der Waals surface area (Å²) in [5, 5.41) is 9.07. The number of aromatic carboxylic acids is 1. The number of benzene rings is 1. The average molecular weight is 252 g/mol. The second-order valence-corrected chi connectivity index (χ2v) is 4.19. The minimum atomic E-state index is -1.22. The molecule has 0 spiro atoms. The molecule has 18 heavy (non-hydrogen) atoms. The van der Waals surface area contributed by atoms with Crippen molar-refractivity contribution in [3.05, 3.63) is 29.6 Å². The molecule has 96 valence electrons. The number of amides is 1. The molecule has 0 aliphatic carbocycles. The van der Waals surface area contributed by atoms with E-state index in [1.807, 2.05) is 0 Å². The van der Waals surface area contributed by atoms with Gasteiger partial charge in [-0.15, -0.1) is 0 Å². The topological polar surface area (TPSA) is 83.6 Å². The smallest absolute Gasteiger partial charge is 0.337 e. The van der Waals surface area contributed by atoms with E-state index in [2.05, 4.69) is 0 Å². The lowest BCUT2D eigenvalue weighted by atomic mass is 10.1. The fourth-order valence-electron chi connectivity index (χ4n) is 2.31. The van der Waals surface area contributed by atoms with Gasteiger partial charge in [0.15, 0.2) is 0 Å². The Morgan fingerprint density at radius 3 is 2.78 bits per heavy atom. The number of rotatable bonds is 3. The van der Waals surface area contributed by atoms with Crippen LogP contribution in [-0.2, 0) is 4.79 Å². The molecular formula is C12H13FN2O3. The van der Waals surface area contributed by atoms with Crippen LogP contribution >= 0.6 is 0 Å². The number of anilines is 1. The molecule has 1 atom stereocenters. The lowest BCUT2D eigenvalue weighted by Crippen LogP contribution is -2.41. The van der Waals surface area contributed by atoms with Gasteiger partial charge in [0.25, 0.3) is 0 Å². The molecule has 0 bridgehead atoms. The second kappa shape index (κ2) is 4.64. The van der Waals surface area contributed by atoms with Crippen LogP contribution in [0.25, 0.3) is 0 Å². The molecule has 1 aromatic rings. The number of halogens is 1. The summed E-state index contributed by atoms with van der Waals surface area (Å²) in [6, 6.07) is 3.19. The van der Waals surface area contributed by atoms with Crippen LogP contribution in [0.5, 0.6) is 0 Å². The van der Waals surface area contributed by atoms with Gasteiger partial charge in [0.05, 0.1) is 11.3 Å². The predicted octanol–water partition coefficient (Wildman–Crippen LogP) is 0.978. The normalized spacial score (nSPS) is 18.9. The molecule has 1 unspecified atom stereocenters. The SMILES string of the molecule is NC(=O)C1CCCN1c1c(F)cccc1C(=O)O. The third kappa shape index (κ3) is 2.01. The van der Waals surface area contributed by atoms with E-state index in [0.29, 0.717) is 19.4 Å². The molecule has 1 saturated heterocycles. The van der Waals surface area contributed by atoms with Gasteiger partial charge in [-0.1, -0.05) is 6.07 Å². The molecule has 5 nitrogen and oxygen atoms in total. The van der Waals surface area contributed by atoms with Crippen LogP contribution in [0.2, 0.25) is 0 Å². The first-order valence-electron chi connectivity index (χ1n) is 5.60. The van der Waals surface area contributed by atoms with Crippen molar-refractivity contribution in [2.45, 2.75) is 18.9 Å². The van der Waals surface area contributed by atoms with Crippen LogP contribution in [0.3, 0.4) is 0 Å². The van der Waals surface area contributed by atoms with Crippen LogP contribution in [0.4, 0.5) is 10.1 Å². The van der Waals surface area contributed by atoms with E-state index in [-0.39, 0.29) is 11.3 Å². The first-order chi connectivity index (χ1) is 8.52. The van der Waals surface area contributed by atoms with Crippen molar-refractivity contribution >= 4 is 17.6 Å². The van der Waals surface area contributed by atoms with Crippen LogP contribution in [0, 0.1) is 5.82 Å². The van der Waals surface area contributed by atoms with Crippen molar-refractivity contribution in [1.82, 2.24) is 0 Å². The highest BCUT2D eigenvalue weighted by Crippen LogP contribution is 2.31. The summed E-state index contributed by atoms with van der Waals surface area (Å²) in [5.41, 5.74) is 5.05. The third-order valence-corrected chi connectivity index (χ3v) is 3.09. The first kappa shape index (κ1) is 12.3. The molecule has 1 fully saturated rings. The number of nitrogens with two attached hydrogens (primary N) is 1. The van der Waals surface area contributed by atoms with Crippen LogP contribution in [-0.4, -0.2) is 29.6 Å². The summed E-state index contributed by atoms with van der Waals surface area (Å²) in [4.78, 5) is 23.8. The molecule has 1 aliphatic rings. The van der Waals surface area contributed by atoms with Gasteiger partial charge in [-0.2, -0.15) is 0 Å². The van der Waals surface area contributed by atoms with Gasteiger partial charge >= 0.3 is 5.97 Å². The summed E-state index contributed by atoms with van der Waals surface area (Å²) in [7, 11) is 0. The van der Waals surface area contributed by atoms with Crippen molar-refractivity contribution in [2.75, 3.05) is 11.4 Å². The van der Waals surface area contributed by atoms with Gasteiger partial charge < -0.3 is 15.7 Å².